The van der Waals surface area contributed by atoms with E-state index in [1.54, 1.807) is 24.3 Å². The van der Waals surface area contributed by atoms with Crippen molar-refractivity contribution in [2.24, 2.45) is 0 Å². The van der Waals surface area contributed by atoms with Gasteiger partial charge in [0.15, 0.2) is 0 Å². The third-order valence-electron chi connectivity index (χ3n) is 2.35. The summed E-state index contributed by atoms with van der Waals surface area (Å²) in [6.07, 6.45) is 0. The smallest absolute Gasteiger partial charge is 0.276 e. The van der Waals surface area contributed by atoms with Gasteiger partial charge in [0.2, 0.25) is 0 Å². The number of H-pyrrole nitrogens is 1. The number of anilines is 1. The molecule has 0 saturated heterocycles. The Morgan fingerprint density at radius 1 is 1.28 bits per heavy atom. The highest BCUT2D eigenvalue weighted by molar-refractivity contribution is 6.03. The Hall–Kier alpha value is -2.47. The van der Waals surface area contributed by atoms with Gasteiger partial charge in [-0.15, -0.1) is 0 Å². The van der Waals surface area contributed by atoms with Crippen molar-refractivity contribution in [3.05, 3.63) is 58.0 Å². The Morgan fingerprint density at radius 3 is 2.72 bits per heavy atom. The second kappa shape index (κ2) is 5.24. The average Bonchev–Trinajstić information content (AvgIpc) is 2.40. The molecule has 18 heavy (non-hydrogen) atoms. The minimum Gasteiger partial charge on any atom is -0.392 e. The molecule has 0 atom stereocenters. The summed E-state index contributed by atoms with van der Waals surface area (Å²) in [5, 5.41) is 17.5. The maximum absolute atomic E-state index is 11.8. The van der Waals surface area contributed by atoms with Crippen LogP contribution < -0.4 is 10.9 Å². The van der Waals surface area contributed by atoms with E-state index >= 15 is 0 Å². The number of hydrogen-bond donors (Lipinski definition) is 3. The third-order valence-corrected chi connectivity index (χ3v) is 2.35. The molecule has 2 rings (SSSR count). The van der Waals surface area contributed by atoms with Gasteiger partial charge in [0, 0.05) is 17.3 Å². The fourth-order valence-electron chi connectivity index (χ4n) is 1.44. The van der Waals surface area contributed by atoms with Gasteiger partial charge in [-0.1, -0.05) is 18.2 Å². The van der Waals surface area contributed by atoms with E-state index < -0.39 is 5.91 Å². The molecule has 1 aromatic heterocycles. The zero-order valence-corrected chi connectivity index (χ0v) is 9.38. The van der Waals surface area contributed by atoms with Crippen molar-refractivity contribution in [2.45, 2.75) is 6.61 Å². The maximum Gasteiger partial charge on any atom is 0.276 e. The summed E-state index contributed by atoms with van der Waals surface area (Å²) >= 11 is 0. The summed E-state index contributed by atoms with van der Waals surface area (Å²) in [6.45, 7) is -0.171. The Labute approximate surface area is 102 Å². The molecule has 2 aromatic rings. The second-order valence-corrected chi connectivity index (χ2v) is 3.58. The van der Waals surface area contributed by atoms with Crippen molar-refractivity contribution >= 4 is 11.6 Å². The number of aliphatic hydroxyl groups is 1. The van der Waals surface area contributed by atoms with E-state index in [-0.39, 0.29) is 17.9 Å². The highest BCUT2D eigenvalue weighted by Crippen LogP contribution is 2.15. The molecule has 0 radical (unpaired) electrons. The fourth-order valence-corrected chi connectivity index (χ4v) is 1.44. The highest BCUT2D eigenvalue weighted by Gasteiger charge is 2.09. The van der Waals surface area contributed by atoms with E-state index in [0.29, 0.717) is 11.3 Å². The van der Waals surface area contributed by atoms with E-state index in [1.807, 2.05) is 0 Å². The first-order valence-electron chi connectivity index (χ1n) is 5.26. The molecule has 0 aliphatic heterocycles. The molecule has 0 unspecified atom stereocenters. The standard InChI is InChI=1S/C12H11N3O3/c16-7-8-3-1-2-4-9(8)13-12(18)10-5-6-11(17)15-14-10/h1-6,16H,7H2,(H,13,18)(H,15,17). The van der Waals surface area contributed by atoms with Gasteiger partial charge in [-0.3, -0.25) is 9.59 Å². The second-order valence-electron chi connectivity index (χ2n) is 3.58. The summed E-state index contributed by atoms with van der Waals surface area (Å²) in [7, 11) is 0. The first kappa shape index (κ1) is 12.0. The monoisotopic (exact) mass is 245 g/mol. The molecule has 6 nitrogen and oxygen atoms in total. The number of amides is 1. The van der Waals surface area contributed by atoms with Gasteiger partial charge in [0.1, 0.15) is 5.69 Å². The van der Waals surface area contributed by atoms with Crippen LogP contribution in [0.25, 0.3) is 0 Å². The maximum atomic E-state index is 11.8. The van der Waals surface area contributed by atoms with Gasteiger partial charge >= 0.3 is 0 Å². The zero-order chi connectivity index (χ0) is 13.0. The van der Waals surface area contributed by atoms with E-state index in [1.165, 1.54) is 12.1 Å². The van der Waals surface area contributed by atoms with Gasteiger partial charge in [0.25, 0.3) is 11.5 Å². The quantitative estimate of drug-likeness (QED) is 0.734. The van der Waals surface area contributed by atoms with Gasteiger partial charge in [0.05, 0.1) is 6.61 Å². The van der Waals surface area contributed by atoms with Crippen molar-refractivity contribution in [3.63, 3.8) is 0 Å². The molecule has 0 spiro atoms. The van der Waals surface area contributed by atoms with E-state index in [0.717, 1.165) is 0 Å². The van der Waals surface area contributed by atoms with Gasteiger partial charge in [-0.25, -0.2) is 5.10 Å². The number of aliphatic hydroxyl groups excluding tert-OH is 1. The Morgan fingerprint density at radius 2 is 2.06 bits per heavy atom. The molecule has 1 aromatic carbocycles. The van der Waals surface area contributed by atoms with Gasteiger partial charge < -0.3 is 10.4 Å². The van der Waals surface area contributed by atoms with E-state index in [2.05, 4.69) is 15.5 Å². The summed E-state index contributed by atoms with van der Waals surface area (Å²) in [5.41, 5.74) is 0.845. The molecule has 1 amide bonds. The lowest BCUT2D eigenvalue weighted by Gasteiger charge is -2.08. The molecule has 0 saturated carbocycles. The van der Waals surface area contributed by atoms with Crippen LogP contribution in [0.1, 0.15) is 16.1 Å². The lowest BCUT2D eigenvalue weighted by atomic mass is 10.2. The molecular weight excluding hydrogens is 234 g/mol. The van der Waals surface area contributed by atoms with Crippen molar-refractivity contribution < 1.29 is 9.90 Å². The number of carbonyl (C=O) groups excluding carboxylic acids is 1. The number of aromatic amines is 1. The Balaban J connectivity index is 2.21. The molecule has 6 heteroatoms. The molecule has 3 N–H and O–H groups in total. The topological polar surface area (TPSA) is 95.1 Å². The average molecular weight is 245 g/mol. The molecule has 0 fully saturated rings. The van der Waals surface area contributed by atoms with Gasteiger partial charge in [-0.05, 0) is 12.1 Å². The lowest BCUT2D eigenvalue weighted by Crippen LogP contribution is -2.18. The van der Waals surface area contributed by atoms with E-state index in [4.69, 9.17) is 5.11 Å². The van der Waals surface area contributed by atoms with E-state index in [9.17, 15) is 9.59 Å². The number of rotatable bonds is 3. The summed E-state index contributed by atoms with van der Waals surface area (Å²) in [4.78, 5) is 22.6. The number of para-hydroxylation sites is 1. The first-order valence-corrected chi connectivity index (χ1v) is 5.26. The summed E-state index contributed by atoms with van der Waals surface area (Å²) in [5.74, 6) is -0.452. The summed E-state index contributed by atoms with van der Waals surface area (Å²) < 4.78 is 0. The van der Waals surface area contributed by atoms with Crippen LogP contribution in [0.4, 0.5) is 5.69 Å². The number of aromatic nitrogens is 2. The number of benzene rings is 1. The molecule has 0 aliphatic rings. The largest absolute Gasteiger partial charge is 0.392 e. The van der Waals surface area contributed by atoms with Crippen molar-refractivity contribution in [2.75, 3.05) is 5.32 Å². The van der Waals surface area contributed by atoms with Crippen LogP contribution in [0.15, 0.2) is 41.2 Å². The third kappa shape index (κ3) is 2.61. The minimum atomic E-state index is -0.452. The van der Waals surface area contributed by atoms with Crippen LogP contribution >= 0.6 is 0 Å². The first-order chi connectivity index (χ1) is 8.70. The zero-order valence-electron chi connectivity index (χ0n) is 9.38. The SMILES string of the molecule is O=C(Nc1ccccc1CO)c1ccc(=O)[nH]n1. The molecular formula is C12H11N3O3. The number of nitrogens with zero attached hydrogens (tertiary/aromatic N) is 1. The number of hydrogen-bond acceptors (Lipinski definition) is 4. The van der Waals surface area contributed by atoms with Crippen LogP contribution in [-0.2, 0) is 6.61 Å². The lowest BCUT2D eigenvalue weighted by molar-refractivity contribution is 0.102. The molecule has 0 bridgehead atoms. The molecule has 92 valence electrons. The molecule has 0 aliphatic carbocycles. The van der Waals surface area contributed by atoms with Crippen LogP contribution in [0.2, 0.25) is 0 Å². The minimum absolute atomic E-state index is 0.0994. The normalized spacial score (nSPS) is 10.1. The van der Waals surface area contributed by atoms with Crippen molar-refractivity contribution in [3.8, 4) is 0 Å². The Bertz CT molecular complexity index is 601. The van der Waals surface area contributed by atoms with Gasteiger partial charge in [-0.2, -0.15) is 5.10 Å². The van der Waals surface area contributed by atoms with Crippen LogP contribution in [-0.4, -0.2) is 21.2 Å². The number of nitrogens with one attached hydrogen (secondary N) is 2. The van der Waals surface area contributed by atoms with Crippen LogP contribution in [0.3, 0.4) is 0 Å². The highest BCUT2D eigenvalue weighted by atomic mass is 16.3. The van der Waals surface area contributed by atoms with Crippen molar-refractivity contribution in [1.29, 1.82) is 0 Å². The predicted molar refractivity (Wildman–Crippen MR) is 65.2 cm³/mol. The summed E-state index contributed by atoms with van der Waals surface area (Å²) in [6, 6.07) is 9.44. The van der Waals surface area contributed by atoms with Crippen LogP contribution in [0.5, 0.6) is 0 Å². The Kier molecular flexibility index (Phi) is 3.49. The van der Waals surface area contributed by atoms with Crippen LogP contribution in [0, 0.1) is 0 Å². The predicted octanol–water partition coefficient (Wildman–Crippen LogP) is 0.514. The number of carbonyl (C=O) groups is 1. The van der Waals surface area contributed by atoms with Crippen molar-refractivity contribution in [1.82, 2.24) is 10.2 Å². The molecule has 1 heterocycles. The fraction of sp³-hybridized carbons (Fsp3) is 0.0833.